The summed E-state index contributed by atoms with van der Waals surface area (Å²) in [6.07, 6.45) is 1.66. The maximum atomic E-state index is 11.8. The minimum atomic E-state index is -1.91. The van der Waals surface area contributed by atoms with Gasteiger partial charge in [-0.3, -0.25) is 4.79 Å². The van der Waals surface area contributed by atoms with Crippen LogP contribution in [0.4, 0.5) is 0 Å². The summed E-state index contributed by atoms with van der Waals surface area (Å²) in [4.78, 5) is 22.5. The third-order valence-corrected chi connectivity index (χ3v) is 2.81. The fraction of sp³-hybridized carbons (Fsp3) is 0.833. The van der Waals surface area contributed by atoms with Gasteiger partial charge < -0.3 is 15.5 Å². The Bertz CT molecular complexity index is 274. The number of carbonyl (C=O) groups is 2. The van der Waals surface area contributed by atoms with Gasteiger partial charge in [-0.2, -0.15) is 0 Å². The number of amides is 1. The highest BCUT2D eigenvalue weighted by Crippen LogP contribution is 2.17. The summed E-state index contributed by atoms with van der Waals surface area (Å²) in [5.74, 6) is -1.47. The van der Waals surface area contributed by atoms with Crippen LogP contribution in [0.25, 0.3) is 0 Å². The van der Waals surface area contributed by atoms with E-state index in [1.807, 2.05) is 20.8 Å². The van der Waals surface area contributed by atoms with E-state index in [1.54, 1.807) is 0 Å². The van der Waals surface area contributed by atoms with Crippen LogP contribution in [-0.4, -0.2) is 34.2 Å². The summed E-state index contributed by atoms with van der Waals surface area (Å²) in [6, 6.07) is 0. The van der Waals surface area contributed by atoms with Crippen LogP contribution in [0.15, 0.2) is 0 Å². The van der Waals surface area contributed by atoms with Gasteiger partial charge in [0, 0.05) is 5.92 Å². The van der Waals surface area contributed by atoms with E-state index in [-0.39, 0.29) is 24.3 Å². The van der Waals surface area contributed by atoms with E-state index >= 15 is 0 Å². The molecule has 3 N–H and O–H groups in total. The molecule has 0 aromatic carbocycles. The summed E-state index contributed by atoms with van der Waals surface area (Å²) in [5.41, 5.74) is -1.91. The maximum absolute atomic E-state index is 11.8. The molecule has 5 nitrogen and oxygen atoms in total. The molecule has 0 radical (unpaired) electrons. The average molecular weight is 245 g/mol. The number of carboxylic acid groups (broad SMARTS) is 1. The maximum Gasteiger partial charge on any atom is 0.337 e. The van der Waals surface area contributed by atoms with E-state index in [0.29, 0.717) is 0 Å². The molecule has 0 aromatic rings. The molecule has 2 atom stereocenters. The standard InChI is InChI=1S/C12H23NO4/c1-5-6-9(8(2)3)10(14)13-7-12(4,17)11(15)16/h8-9,17H,5-7H2,1-4H3,(H,13,14)(H,15,16). The van der Waals surface area contributed by atoms with Crippen molar-refractivity contribution >= 4 is 11.9 Å². The van der Waals surface area contributed by atoms with Gasteiger partial charge in [-0.25, -0.2) is 4.79 Å². The molecule has 0 fully saturated rings. The van der Waals surface area contributed by atoms with Gasteiger partial charge in [-0.05, 0) is 19.3 Å². The van der Waals surface area contributed by atoms with Gasteiger partial charge in [0.05, 0.1) is 6.54 Å². The lowest BCUT2D eigenvalue weighted by atomic mass is 9.90. The van der Waals surface area contributed by atoms with Gasteiger partial charge in [0.15, 0.2) is 5.60 Å². The summed E-state index contributed by atoms with van der Waals surface area (Å²) < 4.78 is 0. The van der Waals surface area contributed by atoms with Gasteiger partial charge >= 0.3 is 5.97 Å². The number of nitrogens with one attached hydrogen (secondary N) is 1. The molecule has 0 aliphatic rings. The van der Waals surface area contributed by atoms with Crippen LogP contribution < -0.4 is 5.32 Å². The van der Waals surface area contributed by atoms with Crippen LogP contribution in [0, 0.1) is 11.8 Å². The molecule has 5 heteroatoms. The molecule has 100 valence electrons. The van der Waals surface area contributed by atoms with E-state index in [2.05, 4.69) is 5.32 Å². The van der Waals surface area contributed by atoms with Gasteiger partial charge in [0.25, 0.3) is 0 Å². The number of aliphatic carboxylic acids is 1. The molecule has 0 aromatic heterocycles. The second-order valence-corrected chi connectivity index (χ2v) is 4.94. The van der Waals surface area contributed by atoms with Crippen molar-refractivity contribution in [1.29, 1.82) is 0 Å². The van der Waals surface area contributed by atoms with E-state index in [0.717, 1.165) is 12.8 Å². The van der Waals surface area contributed by atoms with Crippen molar-refractivity contribution in [2.24, 2.45) is 11.8 Å². The summed E-state index contributed by atoms with van der Waals surface area (Å²) in [6.45, 7) is 6.80. The van der Waals surface area contributed by atoms with Crippen molar-refractivity contribution in [3.8, 4) is 0 Å². The highest BCUT2D eigenvalue weighted by Gasteiger charge is 2.31. The molecular formula is C12H23NO4. The first kappa shape index (κ1) is 15.9. The van der Waals surface area contributed by atoms with Crippen LogP contribution in [0.1, 0.15) is 40.5 Å². The number of aliphatic hydroxyl groups is 1. The zero-order chi connectivity index (χ0) is 13.6. The molecule has 0 bridgehead atoms. The fourth-order valence-electron chi connectivity index (χ4n) is 1.54. The lowest BCUT2D eigenvalue weighted by Gasteiger charge is -2.23. The molecule has 1 amide bonds. The van der Waals surface area contributed by atoms with Gasteiger partial charge in [-0.15, -0.1) is 0 Å². The number of hydrogen-bond acceptors (Lipinski definition) is 3. The lowest BCUT2D eigenvalue weighted by molar-refractivity contribution is -0.156. The zero-order valence-electron chi connectivity index (χ0n) is 11.0. The monoisotopic (exact) mass is 245 g/mol. The normalized spacial score (nSPS) is 16.4. The quantitative estimate of drug-likeness (QED) is 0.624. The van der Waals surface area contributed by atoms with Crippen molar-refractivity contribution in [3.63, 3.8) is 0 Å². The third kappa shape index (κ3) is 5.17. The molecule has 0 aliphatic heterocycles. The molecule has 2 unspecified atom stereocenters. The molecule has 17 heavy (non-hydrogen) atoms. The molecule has 0 rings (SSSR count). The fourth-order valence-corrected chi connectivity index (χ4v) is 1.54. The molecular weight excluding hydrogens is 222 g/mol. The van der Waals surface area contributed by atoms with Crippen LogP contribution in [0.3, 0.4) is 0 Å². The number of rotatable bonds is 7. The Balaban J connectivity index is 4.38. The predicted molar refractivity (Wildman–Crippen MR) is 64.5 cm³/mol. The molecule has 0 heterocycles. The second kappa shape index (κ2) is 6.59. The first-order valence-corrected chi connectivity index (χ1v) is 5.95. The van der Waals surface area contributed by atoms with Gasteiger partial charge in [-0.1, -0.05) is 27.2 Å². The van der Waals surface area contributed by atoms with Crippen molar-refractivity contribution in [3.05, 3.63) is 0 Å². The lowest BCUT2D eigenvalue weighted by Crippen LogP contribution is -2.48. The predicted octanol–water partition coefficient (Wildman–Crippen LogP) is 1.01. The number of hydrogen-bond donors (Lipinski definition) is 3. The van der Waals surface area contributed by atoms with Crippen molar-refractivity contribution in [1.82, 2.24) is 5.32 Å². The zero-order valence-corrected chi connectivity index (χ0v) is 11.0. The van der Waals surface area contributed by atoms with E-state index < -0.39 is 11.6 Å². The topological polar surface area (TPSA) is 86.6 Å². The summed E-state index contributed by atoms with van der Waals surface area (Å²) >= 11 is 0. The minimum Gasteiger partial charge on any atom is -0.479 e. The Kier molecular flexibility index (Phi) is 6.16. The Morgan fingerprint density at radius 1 is 1.35 bits per heavy atom. The number of carbonyl (C=O) groups excluding carboxylic acids is 1. The first-order chi connectivity index (χ1) is 7.72. The van der Waals surface area contributed by atoms with Crippen molar-refractivity contribution in [2.75, 3.05) is 6.54 Å². The second-order valence-electron chi connectivity index (χ2n) is 4.94. The highest BCUT2D eigenvalue weighted by molar-refractivity contribution is 5.81. The van der Waals surface area contributed by atoms with E-state index in [1.165, 1.54) is 6.92 Å². The molecule has 0 saturated carbocycles. The smallest absolute Gasteiger partial charge is 0.337 e. The van der Waals surface area contributed by atoms with Crippen LogP contribution in [0.2, 0.25) is 0 Å². The highest BCUT2D eigenvalue weighted by atomic mass is 16.4. The molecule has 0 aliphatic carbocycles. The number of carboxylic acids is 1. The molecule has 0 spiro atoms. The van der Waals surface area contributed by atoms with Gasteiger partial charge in [0.1, 0.15) is 0 Å². The Labute approximate surface area is 102 Å². The molecule has 0 saturated heterocycles. The van der Waals surface area contributed by atoms with E-state index in [9.17, 15) is 14.7 Å². The van der Waals surface area contributed by atoms with Crippen LogP contribution >= 0.6 is 0 Å². The third-order valence-electron chi connectivity index (χ3n) is 2.81. The summed E-state index contributed by atoms with van der Waals surface area (Å²) in [7, 11) is 0. The van der Waals surface area contributed by atoms with Crippen LogP contribution in [0.5, 0.6) is 0 Å². The van der Waals surface area contributed by atoms with Crippen molar-refractivity contribution in [2.45, 2.75) is 46.1 Å². The largest absolute Gasteiger partial charge is 0.479 e. The Hall–Kier alpha value is -1.10. The minimum absolute atomic E-state index is 0.135. The Morgan fingerprint density at radius 2 is 1.88 bits per heavy atom. The first-order valence-electron chi connectivity index (χ1n) is 5.95. The SMILES string of the molecule is CCCC(C(=O)NCC(C)(O)C(=O)O)C(C)C. The average Bonchev–Trinajstić information content (AvgIpc) is 2.22. The van der Waals surface area contributed by atoms with E-state index in [4.69, 9.17) is 5.11 Å². The summed E-state index contributed by atoms with van der Waals surface area (Å²) in [5, 5.41) is 20.7. The van der Waals surface area contributed by atoms with Crippen LogP contribution in [-0.2, 0) is 9.59 Å². The van der Waals surface area contributed by atoms with Crippen molar-refractivity contribution < 1.29 is 19.8 Å². The van der Waals surface area contributed by atoms with Gasteiger partial charge in [0.2, 0.25) is 5.91 Å². The Morgan fingerprint density at radius 3 is 2.24 bits per heavy atom.